The number of hydrogen-bond donors (Lipinski definition) is 3. The number of para-hydroxylation sites is 1. The molecule has 0 radical (unpaired) electrons. The molecule has 2 aliphatic rings. The summed E-state index contributed by atoms with van der Waals surface area (Å²) in [5.74, 6) is -4.67. The largest absolute Gasteiger partial charge is 0.573 e. The highest BCUT2D eigenvalue weighted by molar-refractivity contribution is 5.87. The summed E-state index contributed by atoms with van der Waals surface area (Å²) in [7, 11) is 0. The van der Waals surface area contributed by atoms with Crippen molar-refractivity contribution in [1.82, 2.24) is 20.7 Å². The van der Waals surface area contributed by atoms with Gasteiger partial charge in [-0.15, -0.1) is 13.2 Å². The summed E-state index contributed by atoms with van der Waals surface area (Å²) >= 11 is 0. The van der Waals surface area contributed by atoms with Gasteiger partial charge in [-0.25, -0.2) is 24.4 Å². The molecule has 3 N–H and O–H groups in total. The number of aryl methyl sites for hydroxylation is 1. The Morgan fingerprint density at radius 3 is 2.30 bits per heavy atom. The molecule has 14 heteroatoms. The first-order valence-electron chi connectivity index (χ1n) is 13.2. The highest BCUT2D eigenvalue weighted by Gasteiger charge is 2.57. The van der Waals surface area contributed by atoms with E-state index in [0.717, 1.165) is 17.9 Å². The van der Waals surface area contributed by atoms with Crippen molar-refractivity contribution in [1.29, 1.82) is 0 Å². The number of carbonyl (C=O) groups excluding carboxylic acids is 1. The van der Waals surface area contributed by atoms with Gasteiger partial charge in [0.25, 0.3) is 5.92 Å². The first kappa shape index (κ1) is 28.7. The van der Waals surface area contributed by atoms with Crippen LogP contribution in [0.15, 0.2) is 69.9 Å². The number of rotatable bonds is 7. The van der Waals surface area contributed by atoms with Crippen molar-refractivity contribution < 1.29 is 40.6 Å². The van der Waals surface area contributed by atoms with Crippen LogP contribution in [0.25, 0.3) is 11.1 Å². The molecule has 4 unspecified atom stereocenters. The Kier molecular flexibility index (Phi) is 6.92. The van der Waals surface area contributed by atoms with E-state index in [1.54, 1.807) is 42.5 Å². The Morgan fingerprint density at radius 1 is 0.930 bits per heavy atom. The first-order valence-corrected chi connectivity index (χ1v) is 13.2. The Hall–Kier alpha value is -4.43. The van der Waals surface area contributed by atoms with Crippen LogP contribution in [0.3, 0.4) is 0 Å². The fourth-order valence-corrected chi connectivity index (χ4v) is 5.88. The molecule has 4 atom stereocenters. The number of nitrogens with zero attached hydrogens (tertiary/aromatic N) is 1. The monoisotopic (exact) mass is 604 g/mol. The number of H-pyrrole nitrogens is 1. The summed E-state index contributed by atoms with van der Waals surface area (Å²) in [6.07, 6.45) is -4.83. The summed E-state index contributed by atoms with van der Waals surface area (Å²) in [5, 5.41) is 0. The number of alkyl halides is 5. The van der Waals surface area contributed by atoms with Gasteiger partial charge < -0.3 is 18.8 Å². The van der Waals surface area contributed by atoms with Gasteiger partial charge in [-0.2, -0.15) is 0 Å². The van der Waals surface area contributed by atoms with Crippen molar-refractivity contribution in [3.63, 3.8) is 0 Å². The van der Waals surface area contributed by atoms with Crippen molar-refractivity contribution in [2.75, 3.05) is 6.54 Å². The number of aromatic nitrogens is 1. The zero-order chi connectivity index (χ0) is 30.7. The van der Waals surface area contributed by atoms with Crippen LogP contribution in [0.5, 0.6) is 17.2 Å². The van der Waals surface area contributed by atoms with E-state index in [9.17, 15) is 31.5 Å². The minimum atomic E-state index is -4.83. The molecule has 4 aromatic rings. The van der Waals surface area contributed by atoms with Crippen LogP contribution < -0.4 is 26.1 Å². The third-order valence-corrected chi connectivity index (χ3v) is 7.50. The summed E-state index contributed by atoms with van der Waals surface area (Å²) < 4.78 is 81.6. The SMILES string of the molecule is Cc1cc(Oc2ccc(C3C4C(NNC4c4cccc5[nH]c(=O)oc45)C(=O)N3CC(C)(F)F)cc2)ccc1OC(F)(F)F. The molecular formula is C29H25F5N4O5. The number of halogens is 5. The second-order valence-electron chi connectivity index (χ2n) is 10.7. The molecule has 0 aliphatic carbocycles. The summed E-state index contributed by atoms with van der Waals surface area (Å²) in [5.41, 5.74) is 8.13. The van der Waals surface area contributed by atoms with Crippen molar-refractivity contribution in [3.05, 3.63) is 87.9 Å². The fraction of sp³-hybridized carbons (Fsp3) is 0.310. The lowest BCUT2D eigenvalue weighted by molar-refractivity contribution is -0.274. The van der Waals surface area contributed by atoms with E-state index in [0.29, 0.717) is 28.0 Å². The van der Waals surface area contributed by atoms with E-state index in [2.05, 4.69) is 20.6 Å². The zero-order valence-corrected chi connectivity index (χ0v) is 22.7. The lowest BCUT2D eigenvalue weighted by atomic mass is 9.83. The van der Waals surface area contributed by atoms with Gasteiger partial charge in [0.15, 0.2) is 5.58 Å². The summed E-state index contributed by atoms with van der Waals surface area (Å²) in [6, 6.07) is 13.2. The van der Waals surface area contributed by atoms with Crippen LogP contribution in [0, 0.1) is 12.8 Å². The molecule has 2 fully saturated rings. The van der Waals surface area contributed by atoms with Crippen molar-refractivity contribution in [3.8, 4) is 17.2 Å². The molecule has 9 nitrogen and oxygen atoms in total. The van der Waals surface area contributed by atoms with E-state index < -0.39 is 54.5 Å². The molecule has 0 saturated carbocycles. The molecule has 3 aromatic carbocycles. The topological polar surface area (TPSA) is 109 Å². The molecule has 2 aliphatic heterocycles. The van der Waals surface area contributed by atoms with Gasteiger partial charge in [0, 0.05) is 18.4 Å². The van der Waals surface area contributed by atoms with Crippen LogP contribution >= 0.6 is 0 Å². The Morgan fingerprint density at radius 2 is 1.63 bits per heavy atom. The molecule has 1 aromatic heterocycles. The first-order chi connectivity index (χ1) is 20.3. The molecule has 0 bridgehead atoms. The van der Waals surface area contributed by atoms with Gasteiger partial charge >= 0.3 is 12.1 Å². The van der Waals surface area contributed by atoms with Gasteiger partial charge in [-0.05, 0) is 54.4 Å². The number of ether oxygens (including phenoxy) is 2. The van der Waals surface area contributed by atoms with E-state index in [1.165, 1.54) is 19.1 Å². The third-order valence-electron chi connectivity index (χ3n) is 7.50. The van der Waals surface area contributed by atoms with E-state index in [4.69, 9.17) is 9.15 Å². The average molecular weight is 605 g/mol. The number of hydrazine groups is 1. The predicted molar refractivity (Wildman–Crippen MR) is 143 cm³/mol. The second kappa shape index (κ2) is 10.4. The van der Waals surface area contributed by atoms with Crippen molar-refractivity contribution in [2.24, 2.45) is 5.92 Å². The standard InChI is InChI=1S/C29H25F5N4O5/c1-14-12-17(10-11-20(14)43-29(32,33)34)41-16-8-6-15(7-9-16)24-21-22(18-4-3-5-19-25(18)42-27(40)35-19)36-37-23(21)26(39)38(24)13-28(2,30)31/h3-12,21-24,36-37H,13H2,1-2H3,(H,35,40). The summed E-state index contributed by atoms with van der Waals surface area (Å²) in [6.45, 7) is 1.38. The molecule has 6 rings (SSSR count). The number of fused-ring (bicyclic) bond motifs is 2. The second-order valence-corrected chi connectivity index (χ2v) is 10.7. The van der Waals surface area contributed by atoms with E-state index in [1.807, 2.05) is 0 Å². The zero-order valence-electron chi connectivity index (χ0n) is 22.7. The number of oxazole rings is 1. The van der Waals surface area contributed by atoms with E-state index >= 15 is 0 Å². The maximum atomic E-state index is 14.3. The van der Waals surface area contributed by atoms with Gasteiger partial charge in [0.05, 0.1) is 24.1 Å². The van der Waals surface area contributed by atoms with Crippen LogP contribution in [-0.4, -0.2) is 40.7 Å². The highest BCUT2D eigenvalue weighted by Crippen LogP contribution is 2.49. The van der Waals surface area contributed by atoms with Crippen LogP contribution in [-0.2, 0) is 4.79 Å². The van der Waals surface area contributed by atoms with Crippen molar-refractivity contribution >= 4 is 17.0 Å². The number of aromatic amines is 1. The number of carbonyl (C=O) groups is 1. The Balaban J connectivity index is 1.32. The number of likely N-dealkylation sites (tertiary alicyclic amines) is 1. The molecule has 1 amide bonds. The quantitative estimate of drug-likeness (QED) is 0.240. The fourth-order valence-electron chi connectivity index (χ4n) is 5.88. The number of benzene rings is 3. The minimum Gasteiger partial charge on any atom is -0.457 e. The predicted octanol–water partition coefficient (Wildman–Crippen LogP) is 5.49. The lowest BCUT2D eigenvalue weighted by Gasteiger charge is -2.32. The molecule has 226 valence electrons. The van der Waals surface area contributed by atoms with Crippen LogP contribution in [0.4, 0.5) is 22.0 Å². The maximum absolute atomic E-state index is 14.3. The van der Waals surface area contributed by atoms with Crippen LogP contribution in [0.1, 0.15) is 35.7 Å². The highest BCUT2D eigenvalue weighted by atomic mass is 19.4. The molecule has 0 spiro atoms. The number of nitrogens with one attached hydrogen (secondary N) is 3. The van der Waals surface area contributed by atoms with Gasteiger partial charge in [-0.1, -0.05) is 24.3 Å². The number of amides is 1. The van der Waals surface area contributed by atoms with E-state index in [-0.39, 0.29) is 17.1 Å². The molecule has 3 heterocycles. The van der Waals surface area contributed by atoms with Crippen LogP contribution in [0.2, 0.25) is 0 Å². The van der Waals surface area contributed by atoms with Gasteiger partial charge in [0.2, 0.25) is 5.91 Å². The minimum absolute atomic E-state index is 0.207. The normalized spacial score (nSPS) is 22.3. The average Bonchev–Trinajstić information content (AvgIpc) is 3.58. The Bertz CT molecular complexity index is 1730. The maximum Gasteiger partial charge on any atom is 0.573 e. The smallest absolute Gasteiger partial charge is 0.457 e. The summed E-state index contributed by atoms with van der Waals surface area (Å²) in [4.78, 5) is 29.1. The lowest BCUT2D eigenvalue weighted by Crippen LogP contribution is -2.44. The molecule has 2 saturated heterocycles. The Labute approximate surface area is 240 Å². The van der Waals surface area contributed by atoms with Gasteiger partial charge in [-0.3, -0.25) is 9.78 Å². The van der Waals surface area contributed by atoms with Gasteiger partial charge in [0.1, 0.15) is 23.3 Å². The number of hydrogen-bond acceptors (Lipinski definition) is 7. The molecule has 43 heavy (non-hydrogen) atoms. The molecular weight excluding hydrogens is 579 g/mol. The third kappa shape index (κ3) is 5.67. The van der Waals surface area contributed by atoms with Crippen molar-refractivity contribution in [2.45, 2.75) is 44.3 Å².